The molecule has 0 radical (unpaired) electrons. The van der Waals surface area contributed by atoms with Gasteiger partial charge in [0.1, 0.15) is 0 Å². The fourth-order valence-corrected chi connectivity index (χ4v) is 5.65. The Hall–Kier alpha value is -3.46. The van der Waals surface area contributed by atoms with Crippen molar-refractivity contribution >= 4 is 22.6 Å². The molecular weight excluding hydrogens is 446 g/mol. The maximum atomic E-state index is 12.5. The van der Waals surface area contributed by atoms with Crippen LogP contribution in [0.4, 0.5) is 5.69 Å². The molecule has 0 bridgehead atoms. The van der Waals surface area contributed by atoms with Crippen LogP contribution < -0.4 is 11.0 Å². The molecule has 2 aliphatic rings. The number of imidazole rings is 1. The lowest BCUT2D eigenvalue weighted by Crippen LogP contribution is -2.42. The lowest BCUT2D eigenvalue weighted by atomic mass is 9.85. The number of piperidine rings is 1. The zero-order valence-electron chi connectivity index (χ0n) is 19.7. The second kappa shape index (κ2) is 10.0. The van der Waals surface area contributed by atoms with Gasteiger partial charge in [-0.1, -0.05) is 12.1 Å². The van der Waals surface area contributed by atoms with E-state index in [2.05, 4.69) is 15.2 Å². The van der Waals surface area contributed by atoms with E-state index < -0.39 is 4.92 Å². The normalized spacial score (nSPS) is 21.7. The van der Waals surface area contributed by atoms with Crippen molar-refractivity contribution < 1.29 is 9.72 Å². The second-order valence-electron chi connectivity index (χ2n) is 9.84. The third kappa shape index (κ3) is 5.14. The van der Waals surface area contributed by atoms with E-state index >= 15 is 0 Å². The number of benzene rings is 2. The molecule has 0 spiro atoms. The number of nitro benzene ring substituents is 1. The van der Waals surface area contributed by atoms with Gasteiger partial charge in [-0.25, -0.2) is 4.79 Å². The number of amides is 1. The zero-order valence-corrected chi connectivity index (χ0v) is 19.7. The Kier molecular flexibility index (Phi) is 6.68. The fourth-order valence-electron chi connectivity index (χ4n) is 5.65. The predicted octanol–water partition coefficient (Wildman–Crippen LogP) is 3.86. The van der Waals surface area contributed by atoms with Gasteiger partial charge in [-0.3, -0.25) is 19.5 Å². The van der Waals surface area contributed by atoms with Gasteiger partial charge in [0.2, 0.25) is 0 Å². The van der Waals surface area contributed by atoms with Crippen LogP contribution in [0.5, 0.6) is 0 Å². The first-order valence-electron chi connectivity index (χ1n) is 12.4. The smallest absolute Gasteiger partial charge is 0.326 e. The van der Waals surface area contributed by atoms with Crippen molar-refractivity contribution in [2.45, 2.75) is 50.6 Å². The summed E-state index contributed by atoms with van der Waals surface area (Å²) >= 11 is 0. The molecule has 0 unspecified atom stereocenters. The minimum Gasteiger partial charge on any atom is -0.349 e. The first kappa shape index (κ1) is 23.3. The number of hydrogen-bond acceptors (Lipinski definition) is 5. The standard InChI is InChI=1S/C26H31N5O4/c32-25(19-7-11-22(12-8-19)31(34)35)27-20-9-5-18(6-10-20)17-29-15-13-21(14-16-29)30-24-4-2-1-3-23(24)28-26(30)33/h1-4,7-8,11-12,18,20-21H,5-6,9-10,13-17H2,(H,27,32)(H,28,33)/t18-,20-. The number of aromatic amines is 1. The quantitative estimate of drug-likeness (QED) is 0.413. The summed E-state index contributed by atoms with van der Waals surface area (Å²) in [5, 5.41) is 13.9. The number of nitro groups is 1. The van der Waals surface area contributed by atoms with Crippen LogP contribution in [0.1, 0.15) is 54.9 Å². The van der Waals surface area contributed by atoms with Crippen molar-refractivity contribution in [3.63, 3.8) is 0 Å². The molecule has 1 aliphatic carbocycles. The highest BCUT2D eigenvalue weighted by Gasteiger charge is 2.28. The minimum absolute atomic E-state index is 0.0143. The third-order valence-electron chi connectivity index (χ3n) is 7.58. The van der Waals surface area contributed by atoms with Crippen molar-refractivity contribution in [2.75, 3.05) is 19.6 Å². The Labute approximate surface area is 203 Å². The SMILES string of the molecule is O=C(N[C@H]1CC[C@H](CN2CCC(n3c(=O)[nH]c4ccccc43)CC2)CC1)c1ccc([N+](=O)[O-])cc1. The van der Waals surface area contributed by atoms with Crippen molar-refractivity contribution in [1.82, 2.24) is 19.8 Å². The maximum Gasteiger partial charge on any atom is 0.326 e. The summed E-state index contributed by atoms with van der Waals surface area (Å²) in [5.41, 5.74) is 2.32. The molecule has 2 N–H and O–H groups in total. The molecular formula is C26H31N5O4. The highest BCUT2D eigenvalue weighted by Crippen LogP contribution is 2.29. The van der Waals surface area contributed by atoms with Gasteiger partial charge in [0, 0.05) is 49.4 Å². The third-order valence-corrected chi connectivity index (χ3v) is 7.58. The van der Waals surface area contributed by atoms with E-state index in [1.165, 1.54) is 24.3 Å². The van der Waals surface area contributed by atoms with Crippen LogP contribution in [0.3, 0.4) is 0 Å². The van der Waals surface area contributed by atoms with E-state index in [-0.39, 0.29) is 29.4 Å². The molecule has 5 rings (SSSR count). The molecule has 2 fully saturated rings. The van der Waals surface area contributed by atoms with Crippen molar-refractivity contribution in [2.24, 2.45) is 5.92 Å². The average Bonchev–Trinajstić information content (AvgIpc) is 3.21. The summed E-state index contributed by atoms with van der Waals surface area (Å²) in [7, 11) is 0. The summed E-state index contributed by atoms with van der Waals surface area (Å²) in [6.45, 7) is 3.05. The van der Waals surface area contributed by atoms with Gasteiger partial charge in [0.15, 0.2) is 0 Å². The molecule has 3 aromatic rings. The fraction of sp³-hybridized carbons (Fsp3) is 0.462. The lowest BCUT2D eigenvalue weighted by molar-refractivity contribution is -0.384. The van der Waals surface area contributed by atoms with Gasteiger partial charge >= 0.3 is 5.69 Å². The van der Waals surface area contributed by atoms with Gasteiger partial charge in [-0.15, -0.1) is 0 Å². The van der Waals surface area contributed by atoms with Crippen LogP contribution >= 0.6 is 0 Å². The van der Waals surface area contributed by atoms with Crippen molar-refractivity contribution in [3.05, 3.63) is 74.7 Å². The second-order valence-corrected chi connectivity index (χ2v) is 9.84. The van der Waals surface area contributed by atoms with E-state index in [1.54, 1.807) is 0 Å². The summed E-state index contributed by atoms with van der Waals surface area (Å²) in [4.78, 5) is 40.8. The van der Waals surface area contributed by atoms with Crippen LogP contribution in [-0.2, 0) is 0 Å². The Morgan fingerprint density at radius 3 is 2.37 bits per heavy atom. The number of fused-ring (bicyclic) bond motifs is 1. The highest BCUT2D eigenvalue weighted by atomic mass is 16.6. The summed E-state index contributed by atoms with van der Waals surface area (Å²) < 4.78 is 1.94. The monoisotopic (exact) mass is 477 g/mol. The van der Waals surface area contributed by atoms with E-state index in [9.17, 15) is 19.7 Å². The van der Waals surface area contributed by atoms with Crippen molar-refractivity contribution in [3.8, 4) is 0 Å². The molecule has 1 aliphatic heterocycles. The predicted molar refractivity (Wildman–Crippen MR) is 134 cm³/mol. The van der Waals surface area contributed by atoms with E-state index in [0.29, 0.717) is 11.5 Å². The average molecular weight is 478 g/mol. The maximum absolute atomic E-state index is 12.5. The van der Waals surface area contributed by atoms with Gasteiger partial charge in [0.05, 0.1) is 16.0 Å². The first-order chi connectivity index (χ1) is 17.0. The number of nitrogens with one attached hydrogen (secondary N) is 2. The number of nitrogens with zero attached hydrogens (tertiary/aromatic N) is 3. The van der Waals surface area contributed by atoms with Crippen molar-refractivity contribution in [1.29, 1.82) is 0 Å². The number of carbonyl (C=O) groups excluding carboxylic acids is 1. The Bertz CT molecular complexity index is 1250. The Balaban J connectivity index is 1.07. The molecule has 2 aromatic carbocycles. The summed E-state index contributed by atoms with van der Waals surface area (Å²) in [5.74, 6) is 0.452. The van der Waals surface area contributed by atoms with Crippen LogP contribution in [-0.4, -0.2) is 51.0 Å². The van der Waals surface area contributed by atoms with E-state index in [1.807, 2.05) is 28.8 Å². The molecule has 1 saturated heterocycles. The zero-order chi connectivity index (χ0) is 24.4. The van der Waals surface area contributed by atoms with Crippen LogP contribution in [0, 0.1) is 16.0 Å². The number of rotatable bonds is 6. The molecule has 35 heavy (non-hydrogen) atoms. The number of para-hydroxylation sites is 2. The van der Waals surface area contributed by atoms with Crippen LogP contribution in [0.2, 0.25) is 0 Å². The number of H-pyrrole nitrogens is 1. The van der Waals surface area contributed by atoms with E-state index in [4.69, 9.17) is 0 Å². The van der Waals surface area contributed by atoms with Crippen LogP contribution in [0.15, 0.2) is 53.3 Å². The molecule has 2 heterocycles. The Morgan fingerprint density at radius 2 is 1.69 bits per heavy atom. The highest BCUT2D eigenvalue weighted by molar-refractivity contribution is 5.94. The number of non-ortho nitro benzene ring substituents is 1. The van der Waals surface area contributed by atoms with Crippen LogP contribution in [0.25, 0.3) is 11.0 Å². The largest absolute Gasteiger partial charge is 0.349 e. The number of hydrogen-bond donors (Lipinski definition) is 2. The summed E-state index contributed by atoms with van der Waals surface area (Å²) in [6, 6.07) is 14.0. The Morgan fingerprint density at radius 1 is 1.00 bits per heavy atom. The number of aromatic nitrogens is 2. The number of carbonyl (C=O) groups is 1. The van der Waals surface area contributed by atoms with E-state index in [0.717, 1.165) is 69.2 Å². The summed E-state index contributed by atoms with van der Waals surface area (Å²) in [6.07, 6.45) is 6.00. The topological polar surface area (TPSA) is 113 Å². The molecule has 1 amide bonds. The number of likely N-dealkylation sites (tertiary alicyclic amines) is 1. The van der Waals surface area contributed by atoms with Gasteiger partial charge < -0.3 is 15.2 Å². The minimum atomic E-state index is -0.465. The molecule has 9 nitrogen and oxygen atoms in total. The molecule has 9 heteroatoms. The van der Waals surface area contributed by atoms with Gasteiger partial charge in [0.25, 0.3) is 11.6 Å². The molecule has 1 saturated carbocycles. The molecule has 1 aromatic heterocycles. The van der Waals surface area contributed by atoms with Gasteiger partial charge in [-0.2, -0.15) is 0 Å². The first-order valence-corrected chi connectivity index (χ1v) is 12.4. The molecule has 0 atom stereocenters. The molecule has 184 valence electrons. The lowest BCUT2D eigenvalue weighted by Gasteiger charge is -2.37. The van der Waals surface area contributed by atoms with Gasteiger partial charge in [-0.05, 0) is 68.7 Å².